The van der Waals surface area contributed by atoms with E-state index < -0.39 is 23.8 Å². The Balaban J connectivity index is -0.000000100. The van der Waals surface area contributed by atoms with Gasteiger partial charge in [0.05, 0.1) is 6.61 Å². The minimum atomic E-state index is -1.46. The zero-order valence-corrected chi connectivity index (χ0v) is 10.6. The molecule has 2 amide bonds. The smallest absolute Gasteiger partial charge is 0.870 e. The van der Waals surface area contributed by atoms with Gasteiger partial charge in [-0.25, -0.2) is 9.59 Å². The van der Waals surface area contributed by atoms with Crippen LogP contribution in [0.15, 0.2) is 0 Å². The van der Waals surface area contributed by atoms with E-state index >= 15 is 0 Å². The van der Waals surface area contributed by atoms with Crippen molar-refractivity contribution in [3.05, 3.63) is 0 Å². The SMILES string of the molecule is CCOC(=O)C(=O)NC.CNC(=O)C(=O)O.[Li+].[OH-]. The molecule has 0 spiro atoms. The summed E-state index contributed by atoms with van der Waals surface area (Å²) < 4.78 is 4.34. The summed E-state index contributed by atoms with van der Waals surface area (Å²) in [4.78, 5) is 40.0. The third kappa shape index (κ3) is 14.4. The zero-order valence-electron chi connectivity index (χ0n) is 10.6. The number of rotatable bonds is 1. The second-order valence-corrected chi connectivity index (χ2v) is 2.18. The van der Waals surface area contributed by atoms with Crippen LogP contribution in [0.5, 0.6) is 0 Å². The van der Waals surface area contributed by atoms with E-state index in [0.29, 0.717) is 0 Å². The molecule has 0 aliphatic carbocycles. The fourth-order valence-corrected chi connectivity index (χ4v) is 0.406. The largest absolute Gasteiger partial charge is 1.00 e. The molecule has 0 fully saturated rings. The van der Waals surface area contributed by atoms with Crippen LogP contribution in [-0.2, 0) is 23.9 Å². The molecule has 10 heteroatoms. The van der Waals surface area contributed by atoms with Crippen LogP contribution >= 0.6 is 0 Å². The van der Waals surface area contributed by atoms with Crippen LogP contribution < -0.4 is 29.5 Å². The van der Waals surface area contributed by atoms with Crippen molar-refractivity contribution >= 4 is 23.8 Å². The number of aliphatic carboxylic acids is 1. The Hall–Kier alpha value is -1.56. The first-order chi connectivity index (χ1) is 7.40. The van der Waals surface area contributed by atoms with Gasteiger partial charge in [0.15, 0.2) is 0 Å². The average molecular weight is 258 g/mol. The van der Waals surface area contributed by atoms with Crippen molar-refractivity contribution in [1.82, 2.24) is 10.6 Å². The van der Waals surface area contributed by atoms with E-state index in [9.17, 15) is 19.2 Å². The summed E-state index contributed by atoms with van der Waals surface area (Å²) in [5, 5.41) is 11.8. The van der Waals surface area contributed by atoms with E-state index in [1.165, 1.54) is 14.1 Å². The Kier molecular flexibility index (Phi) is 21.7. The number of carboxylic acids is 1. The van der Waals surface area contributed by atoms with Gasteiger partial charge in [-0.2, -0.15) is 0 Å². The van der Waals surface area contributed by atoms with Crippen LogP contribution in [0.3, 0.4) is 0 Å². The van der Waals surface area contributed by atoms with Gasteiger partial charge in [-0.15, -0.1) is 0 Å². The minimum absolute atomic E-state index is 0. The second-order valence-electron chi connectivity index (χ2n) is 2.18. The van der Waals surface area contributed by atoms with Crippen molar-refractivity contribution in [2.24, 2.45) is 0 Å². The maximum atomic E-state index is 10.3. The number of esters is 1. The van der Waals surface area contributed by atoms with Gasteiger partial charge in [-0.05, 0) is 6.92 Å². The Labute approximate surface area is 116 Å². The molecule has 0 aromatic heterocycles. The quantitative estimate of drug-likeness (QED) is 0.242. The summed E-state index contributed by atoms with van der Waals surface area (Å²) in [5.74, 6) is -3.99. The molecule has 0 saturated carbocycles. The van der Waals surface area contributed by atoms with Crippen LogP contribution in [0.25, 0.3) is 0 Å². The molecular weight excluding hydrogens is 243 g/mol. The van der Waals surface area contributed by atoms with Crippen LogP contribution in [0, 0.1) is 0 Å². The molecule has 0 aromatic carbocycles. The van der Waals surface area contributed by atoms with Crippen molar-refractivity contribution in [3.63, 3.8) is 0 Å². The topological polar surface area (TPSA) is 152 Å². The number of amides is 2. The van der Waals surface area contributed by atoms with Crippen molar-refractivity contribution in [1.29, 1.82) is 0 Å². The van der Waals surface area contributed by atoms with Gasteiger partial charge in [0, 0.05) is 14.1 Å². The van der Waals surface area contributed by atoms with Gasteiger partial charge in [0.1, 0.15) is 0 Å². The van der Waals surface area contributed by atoms with E-state index in [2.05, 4.69) is 10.1 Å². The first kappa shape index (κ1) is 25.3. The molecule has 18 heavy (non-hydrogen) atoms. The molecule has 0 atom stereocenters. The number of hydrogen-bond donors (Lipinski definition) is 3. The van der Waals surface area contributed by atoms with Crippen LogP contribution in [0.2, 0.25) is 0 Å². The van der Waals surface area contributed by atoms with E-state index in [4.69, 9.17) is 5.11 Å². The molecule has 0 unspecified atom stereocenters. The first-order valence-electron chi connectivity index (χ1n) is 4.24. The summed E-state index contributed by atoms with van der Waals surface area (Å²) in [6.45, 7) is 1.87. The third-order valence-electron chi connectivity index (χ3n) is 1.11. The number of carbonyl (C=O) groups is 4. The van der Waals surface area contributed by atoms with Crippen LogP contribution in [0.1, 0.15) is 6.92 Å². The number of likely N-dealkylation sites (N-methyl/N-ethyl adjacent to an activating group) is 2. The standard InChI is InChI=1S/C5H9NO3.C3H5NO3.Li.H2O/c1-3-9-5(8)4(7)6-2;1-4-2(5)3(6)7;;/h3H2,1-2H3,(H,6,7);1H3,(H,4,5)(H,6,7);;1H2/q;;+1;/p-1. The maximum Gasteiger partial charge on any atom is 1.00 e. The molecule has 4 N–H and O–H groups in total. The van der Waals surface area contributed by atoms with Crippen molar-refractivity contribution in [2.75, 3.05) is 20.7 Å². The molecule has 100 valence electrons. The minimum Gasteiger partial charge on any atom is -0.870 e. The molecule has 0 aromatic rings. The van der Waals surface area contributed by atoms with Crippen LogP contribution in [-0.4, -0.2) is 55.0 Å². The van der Waals surface area contributed by atoms with Gasteiger partial charge in [-0.3, -0.25) is 9.59 Å². The fraction of sp³-hybridized carbons (Fsp3) is 0.500. The summed E-state index contributed by atoms with van der Waals surface area (Å²) in [6.07, 6.45) is 0. The van der Waals surface area contributed by atoms with Crippen LogP contribution in [0.4, 0.5) is 0 Å². The van der Waals surface area contributed by atoms with Gasteiger partial charge >= 0.3 is 42.6 Å². The van der Waals surface area contributed by atoms with Crippen molar-refractivity contribution in [3.8, 4) is 0 Å². The predicted octanol–water partition coefficient (Wildman–Crippen LogP) is -5.06. The van der Waals surface area contributed by atoms with E-state index in [0.717, 1.165) is 0 Å². The molecule has 0 aliphatic heterocycles. The van der Waals surface area contributed by atoms with E-state index in [-0.39, 0.29) is 30.9 Å². The summed E-state index contributed by atoms with van der Waals surface area (Å²) in [6, 6.07) is 0. The van der Waals surface area contributed by atoms with Gasteiger partial charge in [-0.1, -0.05) is 0 Å². The van der Waals surface area contributed by atoms with Gasteiger partial charge in [0.2, 0.25) is 0 Å². The molecular formula is C8H15LiN2O7. The molecule has 0 aliphatic rings. The molecule has 0 heterocycles. The van der Waals surface area contributed by atoms with Gasteiger partial charge < -0.3 is 26.0 Å². The number of carbonyl (C=O) groups excluding carboxylic acids is 3. The Morgan fingerprint density at radius 1 is 1.06 bits per heavy atom. The molecule has 0 saturated heterocycles. The van der Waals surface area contributed by atoms with Gasteiger partial charge in [0.25, 0.3) is 0 Å². The van der Waals surface area contributed by atoms with E-state index in [1.807, 2.05) is 5.32 Å². The molecule has 0 rings (SSSR count). The summed E-state index contributed by atoms with van der Waals surface area (Å²) >= 11 is 0. The zero-order chi connectivity index (χ0) is 13.1. The fourth-order valence-electron chi connectivity index (χ4n) is 0.406. The molecule has 0 radical (unpaired) electrons. The summed E-state index contributed by atoms with van der Waals surface area (Å²) in [5.41, 5.74) is 0. The third-order valence-corrected chi connectivity index (χ3v) is 1.11. The van der Waals surface area contributed by atoms with Crippen molar-refractivity contribution < 1.29 is 53.4 Å². The predicted molar refractivity (Wildman–Crippen MR) is 54.3 cm³/mol. The van der Waals surface area contributed by atoms with Crippen molar-refractivity contribution in [2.45, 2.75) is 6.92 Å². The number of nitrogens with one attached hydrogen (secondary N) is 2. The first-order valence-corrected chi connectivity index (χ1v) is 4.24. The molecule has 9 nitrogen and oxygen atoms in total. The monoisotopic (exact) mass is 258 g/mol. The maximum absolute atomic E-state index is 10.3. The number of hydrogen-bond acceptors (Lipinski definition) is 6. The number of carboxylic acid groups (broad SMARTS) is 1. The average Bonchev–Trinajstić information content (AvgIpc) is 2.27. The Bertz CT molecular complexity index is 283. The number of ether oxygens (including phenoxy) is 1. The second kappa shape index (κ2) is 15.4. The molecule has 0 bridgehead atoms. The van der Waals surface area contributed by atoms with E-state index in [1.54, 1.807) is 6.92 Å². The summed E-state index contributed by atoms with van der Waals surface area (Å²) in [7, 11) is 2.63. The normalized spacial score (nSPS) is 7.06. The Morgan fingerprint density at radius 2 is 1.44 bits per heavy atom. The Morgan fingerprint density at radius 3 is 1.61 bits per heavy atom.